The molecule has 1 aliphatic rings. The summed E-state index contributed by atoms with van der Waals surface area (Å²) in [4.78, 5) is 10.6. The van der Waals surface area contributed by atoms with Crippen molar-refractivity contribution >= 4 is 17.7 Å². The molecule has 1 fully saturated rings. The van der Waals surface area contributed by atoms with Crippen LogP contribution in [-0.2, 0) is 4.79 Å². The summed E-state index contributed by atoms with van der Waals surface area (Å²) in [5.41, 5.74) is 0. The Bertz CT molecular complexity index is 252. The molecule has 0 aromatic heterocycles. The minimum Gasteiger partial charge on any atom is -0.343 e. The maximum Gasteiger partial charge on any atom is 0.471 e. The van der Waals surface area contributed by atoms with Crippen LogP contribution in [0.3, 0.4) is 0 Å². The van der Waals surface area contributed by atoms with E-state index in [1.165, 1.54) is 0 Å². The molecule has 94 valence electrons. The lowest BCUT2D eigenvalue weighted by atomic mass is 10.3. The highest BCUT2D eigenvalue weighted by Gasteiger charge is 2.38. The van der Waals surface area contributed by atoms with Crippen molar-refractivity contribution in [1.82, 2.24) is 5.32 Å². The van der Waals surface area contributed by atoms with E-state index < -0.39 is 12.1 Å². The zero-order chi connectivity index (χ0) is 12.2. The lowest BCUT2D eigenvalue weighted by molar-refractivity contribution is -0.904. The van der Waals surface area contributed by atoms with Crippen molar-refractivity contribution in [3.05, 3.63) is 0 Å². The van der Waals surface area contributed by atoms with Crippen molar-refractivity contribution in [2.24, 2.45) is 0 Å². The smallest absolute Gasteiger partial charge is 0.343 e. The predicted molar refractivity (Wildman–Crippen MR) is 57.2 cm³/mol. The van der Waals surface area contributed by atoms with Gasteiger partial charge in [0.2, 0.25) is 0 Å². The molecular weight excluding hydrogens is 241 g/mol. The highest BCUT2D eigenvalue weighted by Crippen LogP contribution is 2.16. The van der Waals surface area contributed by atoms with E-state index in [-0.39, 0.29) is 6.54 Å². The Morgan fingerprint density at radius 3 is 2.44 bits per heavy atom. The summed E-state index contributed by atoms with van der Waals surface area (Å²) < 4.78 is 36.4. The van der Waals surface area contributed by atoms with Gasteiger partial charge in [-0.05, 0) is 0 Å². The number of hydrogen-bond donors (Lipinski definition) is 1. The van der Waals surface area contributed by atoms with E-state index >= 15 is 0 Å². The van der Waals surface area contributed by atoms with Crippen LogP contribution < -0.4 is 5.32 Å². The molecule has 1 aliphatic heterocycles. The summed E-state index contributed by atoms with van der Waals surface area (Å²) in [6, 6.07) is 0. The first-order valence-corrected chi connectivity index (χ1v) is 6.25. The number of rotatable bonds is 3. The SMILES string of the molecule is C[N+]1(CCNC(=O)C(F)(F)F)CCSCC1. The van der Waals surface area contributed by atoms with Gasteiger partial charge in [-0.15, -0.1) is 0 Å². The molecule has 1 amide bonds. The highest BCUT2D eigenvalue weighted by atomic mass is 32.2. The fourth-order valence-corrected chi connectivity index (χ4v) is 2.89. The van der Waals surface area contributed by atoms with Gasteiger partial charge in [0.15, 0.2) is 0 Å². The summed E-state index contributed by atoms with van der Waals surface area (Å²) in [5, 5.41) is 1.91. The molecular formula is C9H16F3N2OS+. The van der Waals surface area contributed by atoms with Gasteiger partial charge in [0, 0.05) is 11.5 Å². The summed E-state index contributed by atoms with van der Waals surface area (Å²) in [6.07, 6.45) is -4.77. The van der Waals surface area contributed by atoms with Crippen molar-refractivity contribution in [2.75, 3.05) is 44.7 Å². The minimum absolute atomic E-state index is 0.0828. The molecule has 0 aliphatic carbocycles. The third kappa shape index (κ3) is 4.21. The minimum atomic E-state index is -4.77. The fourth-order valence-electron chi connectivity index (χ4n) is 1.55. The Labute approximate surface area is 97.0 Å². The Morgan fingerprint density at radius 1 is 1.38 bits per heavy atom. The molecule has 16 heavy (non-hydrogen) atoms. The molecule has 1 rings (SSSR count). The number of quaternary nitrogens is 1. The van der Waals surface area contributed by atoms with E-state index in [4.69, 9.17) is 0 Å². The lowest BCUT2D eigenvalue weighted by Crippen LogP contribution is -2.53. The van der Waals surface area contributed by atoms with Crippen LogP contribution in [0.25, 0.3) is 0 Å². The molecule has 0 radical (unpaired) electrons. The van der Waals surface area contributed by atoms with Crippen LogP contribution in [0.4, 0.5) is 13.2 Å². The zero-order valence-electron chi connectivity index (χ0n) is 9.14. The summed E-state index contributed by atoms with van der Waals surface area (Å²) in [5.74, 6) is 0.221. The Balaban J connectivity index is 2.27. The summed E-state index contributed by atoms with van der Waals surface area (Å²) >= 11 is 1.86. The number of thioether (sulfide) groups is 1. The first-order valence-electron chi connectivity index (χ1n) is 5.10. The van der Waals surface area contributed by atoms with E-state index in [1.807, 2.05) is 24.1 Å². The first-order chi connectivity index (χ1) is 7.33. The predicted octanol–water partition coefficient (Wildman–Crippen LogP) is 0.858. The van der Waals surface area contributed by atoms with E-state index in [1.54, 1.807) is 0 Å². The van der Waals surface area contributed by atoms with Gasteiger partial charge in [-0.3, -0.25) is 4.79 Å². The van der Waals surface area contributed by atoms with Crippen LogP contribution in [0, 0.1) is 0 Å². The van der Waals surface area contributed by atoms with Crippen LogP contribution >= 0.6 is 11.8 Å². The normalized spacial score (nSPS) is 20.5. The molecule has 7 heteroatoms. The number of halogens is 3. The van der Waals surface area contributed by atoms with Crippen LogP contribution in [0.1, 0.15) is 0 Å². The quantitative estimate of drug-likeness (QED) is 0.760. The van der Waals surface area contributed by atoms with Gasteiger partial charge < -0.3 is 9.80 Å². The largest absolute Gasteiger partial charge is 0.471 e. The van der Waals surface area contributed by atoms with Gasteiger partial charge in [-0.2, -0.15) is 24.9 Å². The average molecular weight is 257 g/mol. The lowest BCUT2D eigenvalue weighted by Gasteiger charge is -2.37. The van der Waals surface area contributed by atoms with E-state index in [0.717, 1.165) is 29.1 Å². The van der Waals surface area contributed by atoms with E-state index in [0.29, 0.717) is 6.54 Å². The highest BCUT2D eigenvalue weighted by molar-refractivity contribution is 7.99. The van der Waals surface area contributed by atoms with Gasteiger partial charge in [0.05, 0.1) is 33.2 Å². The third-order valence-electron chi connectivity index (χ3n) is 2.75. The number of amides is 1. The van der Waals surface area contributed by atoms with Crippen molar-refractivity contribution < 1.29 is 22.4 Å². The van der Waals surface area contributed by atoms with Gasteiger partial charge in [-0.25, -0.2) is 0 Å². The number of nitrogens with zero attached hydrogens (tertiary/aromatic N) is 1. The Hall–Kier alpha value is -0.430. The van der Waals surface area contributed by atoms with Crippen LogP contribution in [0.15, 0.2) is 0 Å². The molecule has 0 bridgehead atoms. The monoisotopic (exact) mass is 257 g/mol. The number of carbonyl (C=O) groups excluding carboxylic acids is 1. The Morgan fingerprint density at radius 2 is 1.94 bits per heavy atom. The molecule has 3 nitrogen and oxygen atoms in total. The maximum absolute atomic E-state index is 11.9. The second kappa shape index (κ2) is 5.27. The van der Waals surface area contributed by atoms with Gasteiger partial charge >= 0.3 is 12.1 Å². The molecule has 1 N–H and O–H groups in total. The number of alkyl halides is 3. The molecule has 0 saturated carbocycles. The van der Waals surface area contributed by atoms with Gasteiger partial charge in [-0.1, -0.05) is 0 Å². The van der Waals surface area contributed by atoms with Crippen molar-refractivity contribution in [3.8, 4) is 0 Å². The molecule has 0 atom stereocenters. The third-order valence-corrected chi connectivity index (χ3v) is 3.69. The van der Waals surface area contributed by atoms with Gasteiger partial charge in [0.1, 0.15) is 0 Å². The molecule has 1 saturated heterocycles. The van der Waals surface area contributed by atoms with Crippen molar-refractivity contribution in [1.29, 1.82) is 0 Å². The van der Waals surface area contributed by atoms with Crippen LogP contribution in [0.5, 0.6) is 0 Å². The summed E-state index contributed by atoms with van der Waals surface area (Å²) in [7, 11) is 2.01. The van der Waals surface area contributed by atoms with Crippen LogP contribution in [-0.4, -0.2) is 61.3 Å². The fraction of sp³-hybridized carbons (Fsp3) is 0.889. The standard InChI is InChI=1S/C9H15F3N2OS/c1-14(4-6-16-7-5-14)3-2-13-8(15)9(10,11)12/h2-7H2,1H3/p+1. The number of hydrogen-bond acceptors (Lipinski definition) is 2. The van der Waals surface area contributed by atoms with Gasteiger partial charge in [0.25, 0.3) is 0 Å². The average Bonchev–Trinajstić information content (AvgIpc) is 2.17. The van der Waals surface area contributed by atoms with E-state index in [9.17, 15) is 18.0 Å². The van der Waals surface area contributed by atoms with E-state index in [2.05, 4.69) is 0 Å². The van der Waals surface area contributed by atoms with Crippen molar-refractivity contribution in [2.45, 2.75) is 6.18 Å². The topological polar surface area (TPSA) is 29.1 Å². The maximum atomic E-state index is 11.9. The number of nitrogens with one attached hydrogen (secondary N) is 1. The summed E-state index contributed by atoms with van der Waals surface area (Å²) in [6.45, 7) is 2.54. The second-order valence-corrected chi connectivity index (χ2v) is 5.38. The number of carbonyl (C=O) groups is 1. The van der Waals surface area contributed by atoms with Crippen LogP contribution in [0.2, 0.25) is 0 Å². The second-order valence-electron chi connectivity index (χ2n) is 4.16. The molecule has 1 heterocycles. The van der Waals surface area contributed by atoms with Crippen molar-refractivity contribution in [3.63, 3.8) is 0 Å². The molecule has 0 aromatic rings. The molecule has 0 spiro atoms. The molecule has 0 aromatic carbocycles. The first kappa shape index (κ1) is 13.6. The number of likely N-dealkylation sites (N-methyl/N-ethyl adjacent to an activating group) is 1. The molecule has 0 unspecified atom stereocenters. The zero-order valence-corrected chi connectivity index (χ0v) is 9.96. The Kier molecular flexibility index (Phi) is 4.49.